The highest BCUT2D eigenvalue weighted by molar-refractivity contribution is 5.89. The summed E-state index contributed by atoms with van der Waals surface area (Å²) in [6.45, 7) is 6.11. The molecule has 2 atom stereocenters. The van der Waals surface area contributed by atoms with Crippen LogP contribution in [0.15, 0.2) is 34.7 Å². The minimum atomic E-state index is -0.290. The van der Waals surface area contributed by atoms with Crippen molar-refractivity contribution in [3.05, 3.63) is 53.2 Å². The molecule has 1 aromatic carbocycles. The molecule has 25 heavy (non-hydrogen) atoms. The third-order valence-electron chi connectivity index (χ3n) is 4.58. The maximum Gasteiger partial charge on any atom is 0.307 e. The van der Waals surface area contributed by atoms with E-state index in [4.69, 9.17) is 9.15 Å². The van der Waals surface area contributed by atoms with Gasteiger partial charge in [-0.15, -0.1) is 0 Å². The van der Waals surface area contributed by atoms with E-state index in [-0.39, 0.29) is 17.8 Å². The van der Waals surface area contributed by atoms with Crippen LogP contribution in [0.25, 0.3) is 0 Å². The van der Waals surface area contributed by atoms with E-state index in [0.717, 1.165) is 24.4 Å². The smallest absolute Gasteiger partial charge is 0.307 e. The summed E-state index contributed by atoms with van der Waals surface area (Å²) < 4.78 is 10.7. The number of rotatable bonds is 6. The van der Waals surface area contributed by atoms with Crippen molar-refractivity contribution in [2.24, 2.45) is 0 Å². The standard InChI is InChI=1S/C19H25N3O3/c1-13(12-24-3)20-18(23)19-21-16-11-22(10-9-17(16)25-19)14(2)15-7-5-4-6-8-15/h4-8,13-14H,9-12H2,1-3H3,(H,20,23)/t13-,14-/m0/s1. The zero-order valence-electron chi connectivity index (χ0n) is 15.0. The van der Waals surface area contributed by atoms with Gasteiger partial charge in [-0.3, -0.25) is 9.69 Å². The molecular formula is C19H25N3O3. The third kappa shape index (κ3) is 4.08. The molecule has 1 aromatic heterocycles. The predicted molar refractivity (Wildman–Crippen MR) is 94.3 cm³/mol. The molecule has 6 heteroatoms. The van der Waals surface area contributed by atoms with Crippen LogP contribution in [-0.4, -0.2) is 42.1 Å². The number of aromatic nitrogens is 1. The van der Waals surface area contributed by atoms with Crippen LogP contribution in [0.1, 0.15) is 47.6 Å². The van der Waals surface area contributed by atoms with Gasteiger partial charge in [0.25, 0.3) is 5.89 Å². The fourth-order valence-corrected chi connectivity index (χ4v) is 3.17. The molecule has 2 heterocycles. The Labute approximate surface area is 148 Å². The Hall–Kier alpha value is -2.18. The molecule has 0 unspecified atom stereocenters. The van der Waals surface area contributed by atoms with E-state index in [0.29, 0.717) is 19.2 Å². The summed E-state index contributed by atoms with van der Waals surface area (Å²) in [7, 11) is 1.61. The predicted octanol–water partition coefficient (Wildman–Crippen LogP) is 2.56. The molecule has 0 fully saturated rings. The summed E-state index contributed by atoms with van der Waals surface area (Å²) >= 11 is 0. The van der Waals surface area contributed by atoms with Crippen molar-refractivity contribution in [2.45, 2.75) is 38.9 Å². The normalized spacial score (nSPS) is 16.9. The lowest BCUT2D eigenvalue weighted by molar-refractivity contribution is 0.0869. The summed E-state index contributed by atoms with van der Waals surface area (Å²) in [5.74, 6) is 0.671. The lowest BCUT2D eigenvalue weighted by atomic mass is 10.0. The van der Waals surface area contributed by atoms with Crippen molar-refractivity contribution in [1.82, 2.24) is 15.2 Å². The second-order valence-electron chi connectivity index (χ2n) is 6.53. The molecule has 0 aliphatic carbocycles. The Kier molecular flexibility index (Phi) is 5.50. The second-order valence-corrected chi connectivity index (χ2v) is 6.53. The third-order valence-corrected chi connectivity index (χ3v) is 4.58. The van der Waals surface area contributed by atoms with Crippen molar-refractivity contribution < 1.29 is 13.9 Å². The van der Waals surface area contributed by atoms with Crippen molar-refractivity contribution in [2.75, 3.05) is 20.3 Å². The highest BCUT2D eigenvalue weighted by atomic mass is 16.5. The van der Waals surface area contributed by atoms with Gasteiger partial charge >= 0.3 is 5.91 Å². The van der Waals surface area contributed by atoms with Crippen molar-refractivity contribution >= 4 is 5.91 Å². The molecular weight excluding hydrogens is 318 g/mol. The average molecular weight is 343 g/mol. The van der Waals surface area contributed by atoms with Crippen LogP contribution in [0.5, 0.6) is 0 Å². The number of carbonyl (C=O) groups is 1. The van der Waals surface area contributed by atoms with Crippen LogP contribution in [0.2, 0.25) is 0 Å². The van der Waals surface area contributed by atoms with Gasteiger partial charge in [-0.25, -0.2) is 4.98 Å². The topological polar surface area (TPSA) is 67.6 Å². The van der Waals surface area contributed by atoms with E-state index >= 15 is 0 Å². The first-order valence-corrected chi connectivity index (χ1v) is 8.66. The summed E-state index contributed by atoms with van der Waals surface area (Å²) in [6.07, 6.45) is 0.764. The molecule has 3 rings (SSSR count). The number of hydrogen-bond donors (Lipinski definition) is 1. The van der Waals surface area contributed by atoms with Gasteiger partial charge in [0.1, 0.15) is 5.76 Å². The van der Waals surface area contributed by atoms with Crippen LogP contribution in [0, 0.1) is 0 Å². The van der Waals surface area contributed by atoms with Crippen LogP contribution < -0.4 is 5.32 Å². The minimum Gasteiger partial charge on any atom is -0.437 e. The number of methoxy groups -OCH3 is 1. The number of ether oxygens (including phenoxy) is 1. The summed E-state index contributed by atoms with van der Waals surface area (Å²) in [6, 6.07) is 10.6. The van der Waals surface area contributed by atoms with Gasteiger partial charge in [0, 0.05) is 38.7 Å². The number of amides is 1. The molecule has 1 N–H and O–H groups in total. The Morgan fingerprint density at radius 2 is 2.12 bits per heavy atom. The van der Waals surface area contributed by atoms with Gasteiger partial charge in [0.2, 0.25) is 0 Å². The Morgan fingerprint density at radius 3 is 2.84 bits per heavy atom. The minimum absolute atomic E-state index is 0.0870. The first kappa shape index (κ1) is 17.6. The Bertz CT molecular complexity index is 714. The van der Waals surface area contributed by atoms with Crippen LogP contribution >= 0.6 is 0 Å². The molecule has 134 valence electrons. The zero-order chi connectivity index (χ0) is 17.8. The highest BCUT2D eigenvalue weighted by Crippen LogP contribution is 2.27. The second kappa shape index (κ2) is 7.80. The van der Waals surface area contributed by atoms with Crippen LogP contribution in [0.3, 0.4) is 0 Å². The number of oxazole rings is 1. The molecule has 0 bridgehead atoms. The summed E-state index contributed by atoms with van der Waals surface area (Å²) in [4.78, 5) is 19.0. The number of benzene rings is 1. The van der Waals surface area contributed by atoms with E-state index in [1.165, 1.54) is 5.56 Å². The van der Waals surface area contributed by atoms with Crippen LogP contribution in [-0.2, 0) is 17.7 Å². The first-order valence-electron chi connectivity index (χ1n) is 8.66. The van der Waals surface area contributed by atoms with Gasteiger partial charge in [-0.05, 0) is 19.4 Å². The van der Waals surface area contributed by atoms with Gasteiger partial charge < -0.3 is 14.5 Å². The monoisotopic (exact) mass is 343 g/mol. The van der Waals surface area contributed by atoms with E-state index < -0.39 is 0 Å². The highest BCUT2D eigenvalue weighted by Gasteiger charge is 2.27. The molecule has 6 nitrogen and oxygen atoms in total. The molecule has 1 amide bonds. The van der Waals surface area contributed by atoms with Crippen LogP contribution in [0.4, 0.5) is 0 Å². The number of fused-ring (bicyclic) bond motifs is 1. The van der Waals surface area contributed by atoms with Gasteiger partial charge in [0.15, 0.2) is 0 Å². The fraction of sp³-hybridized carbons (Fsp3) is 0.474. The quantitative estimate of drug-likeness (QED) is 0.873. The number of nitrogens with zero attached hydrogens (tertiary/aromatic N) is 2. The summed E-state index contributed by atoms with van der Waals surface area (Å²) in [5.41, 5.74) is 2.14. The van der Waals surface area contributed by atoms with E-state index in [1.807, 2.05) is 13.0 Å². The number of nitrogens with one attached hydrogen (secondary N) is 1. The Morgan fingerprint density at radius 1 is 1.36 bits per heavy atom. The largest absolute Gasteiger partial charge is 0.437 e. The maximum absolute atomic E-state index is 12.2. The van der Waals surface area contributed by atoms with E-state index in [1.54, 1.807) is 7.11 Å². The van der Waals surface area contributed by atoms with Crippen molar-refractivity contribution in [1.29, 1.82) is 0 Å². The van der Waals surface area contributed by atoms with Crippen molar-refractivity contribution in [3.63, 3.8) is 0 Å². The number of carbonyl (C=O) groups excluding carboxylic acids is 1. The maximum atomic E-state index is 12.2. The van der Waals surface area contributed by atoms with E-state index in [2.05, 4.69) is 46.4 Å². The lowest BCUT2D eigenvalue weighted by Crippen LogP contribution is -2.35. The Balaban J connectivity index is 1.68. The molecule has 0 saturated carbocycles. The molecule has 1 aliphatic heterocycles. The summed E-state index contributed by atoms with van der Waals surface area (Å²) in [5, 5.41) is 2.83. The van der Waals surface area contributed by atoms with Crippen molar-refractivity contribution in [3.8, 4) is 0 Å². The first-order chi connectivity index (χ1) is 12.1. The number of hydrogen-bond acceptors (Lipinski definition) is 5. The van der Waals surface area contributed by atoms with Gasteiger partial charge in [0.05, 0.1) is 12.3 Å². The SMILES string of the molecule is COC[C@H](C)NC(=O)c1nc2c(o1)CCN([C@@H](C)c1ccccc1)C2. The fourth-order valence-electron chi connectivity index (χ4n) is 3.17. The van der Waals surface area contributed by atoms with E-state index in [9.17, 15) is 4.79 Å². The lowest BCUT2D eigenvalue weighted by Gasteiger charge is -2.31. The molecule has 0 saturated heterocycles. The molecule has 1 aliphatic rings. The molecule has 0 spiro atoms. The average Bonchev–Trinajstić information content (AvgIpc) is 3.05. The molecule has 2 aromatic rings. The van der Waals surface area contributed by atoms with Gasteiger partial charge in [-0.1, -0.05) is 30.3 Å². The van der Waals surface area contributed by atoms with Gasteiger partial charge in [-0.2, -0.15) is 0 Å². The molecule has 0 radical (unpaired) electrons. The zero-order valence-corrected chi connectivity index (χ0v) is 15.0.